The summed E-state index contributed by atoms with van der Waals surface area (Å²) in [7, 11) is -2.52. The molecular weight excluding hydrogens is 380 g/mol. The summed E-state index contributed by atoms with van der Waals surface area (Å²) in [6.07, 6.45) is 4.70. The number of aromatic nitrogens is 2. The first-order chi connectivity index (χ1) is 13.4. The Morgan fingerprint density at radius 2 is 2.00 bits per heavy atom. The largest absolute Gasteiger partial charge is 0.495 e. The number of imidazole rings is 1. The van der Waals surface area contributed by atoms with Crippen molar-refractivity contribution in [1.29, 1.82) is 0 Å². The fourth-order valence-corrected chi connectivity index (χ4v) is 4.59. The van der Waals surface area contributed by atoms with Gasteiger partial charge in [-0.25, -0.2) is 13.4 Å². The number of carbonyl (C=O) groups excluding carboxylic acids is 1. The number of fused-ring (bicyclic) bond motifs is 1. The highest BCUT2D eigenvalue weighted by molar-refractivity contribution is 7.92. The van der Waals surface area contributed by atoms with Crippen LogP contribution in [0.1, 0.15) is 18.5 Å². The zero-order valence-electron chi connectivity index (χ0n) is 15.5. The van der Waals surface area contributed by atoms with Gasteiger partial charge in [-0.1, -0.05) is 0 Å². The zero-order chi connectivity index (χ0) is 19.9. The number of hydrogen-bond acceptors (Lipinski definition) is 5. The minimum atomic E-state index is -3.93. The number of sulfonamides is 1. The number of benzene rings is 1. The quantitative estimate of drug-likeness (QED) is 0.711. The molecule has 0 aliphatic carbocycles. The van der Waals surface area contributed by atoms with Gasteiger partial charge in [0.15, 0.2) is 0 Å². The van der Waals surface area contributed by atoms with Gasteiger partial charge in [-0.2, -0.15) is 0 Å². The van der Waals surface area contributed by atoms with E-state index < -0.39 is 10.0 Å². The summed E-state index contributed by atoms with van der Waals surface area (Å²) in [5, 5.41) is 0. The van der Waals surface area contributed by atoms with Gasteiger partial charge in [0.05, 0.1) is 18.5 Å². The first-order valence-electron chi connectivity index (χ1n) is 8.84. The summed E-state index contributed by atoms with van der Waals surface area (Å²) in [5.41, 5.74) is 2.51. The smallest absolute Gasteiger partial charge is 0.265 e. The van der Waals surface area contributed by atoms with Crippen molar-refractivity contribution in [2.24, 2.45) is 0 Å². The van der Waals surface area contributed by atoms with Gasteiger partial charge in [0.1, 0.15) is 16.3 Å². The van der Waals surface area contributed by atoms with Crippen LogP contribution in [0.2, 0.25) is 0 Å². The Balaban J connectivity index is 1.71. The van der Waals surface area contributed by atoms with E-state index in [2.05, 4.69) is 9.71 Å². The van der Waals surface area contributed by atoms with Crippen molar-refractivity contribution in [1.82, 2.24) is 9.38 Å². The third-order valence-corrected chi connectivity index (χ3v) is 6.05. The Morgan fingerprint density at radius 3 is 2.71 bits per heavy atom. The molecule has 146 valence electrons. The maximum atomic E-state index is 13.1. The summed E-state index contributed by atoms with van der Waals surface area (Å²) < 4.78 is 35.7. The Labute approximate surface area is 162 Å². The molecule has 1 saturated heterocycles. The molecule has 9 heteroatoms. The van der Waals surface area contributed by atoms with Crippen LogP contribution in [0.15, 0.2) is 47.6 Å². The van der Waals surface area contributed by atoms with Gasteiger partial charge in [-0.3, -0.25) is 9.52 Å². The summed E-state index contributed by atoms with van der Waals surface area (Å²) >= 11 is 0. The molecule has 0 unspecified atom stereocenters. The van der Waals surface area contributed by atoms with Gasteiger partial charge in [-0.15, -0.1) is 0 Å². The number of aryl methyl sites for hydroxylation is 1. The predicted molar refractivity (Wildman–Crippen MR) is 105 cm³/mol. The summed E-state index contributed by atoms with van der Waals surface area (Å²) in [4.78, 5) is 17.9. The third-order valence-electron chi connectivity index (χ3n) is 4.65. The Hall–Kier alpha value is -3.07. The number of ether oxygens (including phenoxy) is 1. The second-order valence-electron chi connectivity index (χ2n) is 6.66. The number of amides is 1. The Bertz CT molecular complexity index is 1170. The molecule has 0 spiro atoms. The lowest BCUT2D eigenvalue weighted by Crippen LogP contribution is -2.24. The second kappa shape index (κ2) is 6.83. The number of nitrogens with zero attached hydrogens (tertiary/aromatic N) is 3. The number of pyridine rings is 1. The van der Waals surface area contributed by atoms with Crippen molar-refractivity contribution in [3.05, 3.63) is 48.4 Å². The molecule has 0 atom stereocenters. The van der Waals surface area contributed by atoms with Crippen molar-refractivity contribution in [2.75, 3.05) is 23.3 Å². The molecule has 1 amide bonds. The monoisotopic (exact) mass is 400 g/mol. The molecule has 28 heavy (non-hydrogen) atoms. The maximum Gasteiger partial charge on any atom is 0.265 e. The van der Waals surface area contributed by atoms with Crippen LogP contribution in [-0.2, 0) is 14.8 Å². The number of carbonyl (C=O) groups is 1. The second-order valence-corrected chi connectivity index (χ2v) is 8.31. The van der Waals surface area contributed by atoms with Crippen LogP contribution in [0.3, 0.4) is 0 Å². The summed E-state index contributed by atoms with van der Waals surface area (Å²) in [5.74, 6) is 0.199. The highest BCUT2D eigenvalue weighted by Gasteiger charge is 2.26. The molecule has 3 heterocycles. The minimum absolute atomic E-state index is 0.0117. The number of nitrogens with one attached hydrogen (secondary N) is 1. The molecule has 1 aliphatic rings. The molecule has 8 nitrogen and oxygen atoms in total. The first-order valence-corrected chi connectivity index (χ1v) is 10.3. The van der Waals surface area contributed by atoms with Crippen LogP contribution >= 0.6 is 0 Å². The van der Waals surface area contributed by atoms with E-state index in [1.54, 1.807) is 39.8 Å². The van der Waals surface area contributed by atoms with Gasteiger partial charge in [0, 0.05) is 31.0 Å². The van der Waals surface area contributed by atoms with Gasteiger partial charge >= 0.3 is 0 Å². The number of rotatable bonds is 5. The van der Waals surface area contributed by atoms with E-state index in [0.717, 1.165) is 17.8 Å². The van der Waals surface area contributed by atoms with Crippen LogP contribution in [0.5, 0.6) is 5.75 Å². The van der Waals surface area contributed by atoms with E-state index in [1.165, 1.54) is 13.2 Å². The fraction of sp³-hybridized carbons (Fsp3) is 0.263. The Morgan fingerprint density at radius 1 is 1.18 bits per heavy atom. The van der Waals surface area contributed by atoms with Crippen LogP contribution in [0.4, 0.5) is 11.4 Å². The lowest BCUT2D eigenvalue weighted by molar-refractivity contribution is -0.117. The molecule has 2 aromatic heterocycles. The molecule has 3 aromatic rings. The SMILES string of the molecule is COc1ccc(N2CCCC2=O)cc1S(=O)(=O)Nc1ccc2nc(C)cn2c1. The molecule has 0 radical (unpaired) electrons. The van der Waals surface area contributed by atoms with Gasteiger partial charge in [-0.05, 0) is 43.7 Å². The van der Waals surface area contributed by atoms with E-state index in [4.69, 9.17) is 4.74 Å². The molecule has 4 rings (SSSR count). The van der Waals surface area contributed by atoms with E-state index in [1.807, 2.05) is 13.1 Å². The highest BCUT2D eigenvalue weighted by Crippen LogP contribution is 2.32. The van der Waals surface area contributed by atoms with E-state index in [9.17, 15) is 13.2 Å². The zero-order valence-corrected chi connectivity index (χ0v) is 16.4. The lowest BCUT2D eigenvalue weighted by Gasteiger charge is -2.18. The van der Waals surface area contributed by atoms with Crippen molar-refractivity contribution < 1.29 is 17.9 Å². The van der Waals surface area contributed by atoms with Crippen LogP contribution in [-0.4, -0.2) is 37.4 Å². The molecule has 1 N–H and O–H groups in total. The Kier molecular flexibility index (Phi) is 4.46. The van der Waals surface area contributed by atoms with Gasteiger partial charge in [0.25, 0.3) is 10.0 Å². The number of hydrogen-bond donors (Lipinski definition) is 1. The summed E-state index contributed by atoms with van der Waals surface area (Å²) in [6, 6.07) is 8.13. The van der Waals surface area contributed by atoms with E-state index in [0.29, 0.717) is 24.3 Å². The standard InChI is InChI=1S/C19H20N4O4S/c1-13-11-22-12-14(5-8-18(22)20-13)21-28(25,26)17-10-15(6-7-16(17)27-2)23-9-3-4-19(23)24/h5-8,10-12,21H,3-4,9H2,1-2H3. The fourth-order valence-electron chi connectivity index (χ4n) is 3.35. The van der Waals surface area contributed by atoms with Gasteiger partial charge in [0.2, 0.25) is 5.91 Å². The van der Waals surface area contributed by atoms with Crippen LogP contribution < -0.4 is 14.4 Å². The number of methoxy groups -OCH3 is 1. The lowest BCUT2D eigenvalue weighted by atomic mass is 10.3. The third kappa shape index (κ3) is 3.29. The van der Waals surface area contributed by atoms with Gasteiger partial charge < -0.3 is 14.0 Å². The summed E-state index contributed by atoms with van der Waals surface area (Å²) in [6.45, 7) is 2.45. The molecule has 0 saturated carbocycles. The van der Waals surface area contributed by atoms with E-state index >= 15 is 0 Å². The van der Waals surface area contributed by atoms with Crippen molar-refractivity contribution >= 4 is 33.0 Å². The van der Waals surface area contributed by atoms with Crippen molar-refractivity contribution in [3.63, 3.8) is 0 Å². The molecular formula is C19H20N4O4S. The maximum absolute atomic E-state index is 13.1. The van der Waals surface area contributed by atoms with E-state index in [-0.39, 0.29) is 16.6 Å². The minimum Gasteiger partial charge on any atom is -0.495 e. The van der Waals surface area contributed by atoms with Crippen molar-refractivity contribution in [3.8, 4) is 5.75 Å². The topological polar surface area (TPSA) is 93.0 Å². The van der Waals surface area contributed by atoms with Crippen molar-refractivity contribution in [2.45, 2.75) is 24.7 Å². The first kappa shape index (κ1) is 18.3. The normalized spacial score (nSPS) is 14.6. The molecule has 1 fully saturated rings. The van der Waals surface area contributed by atoms with Crippen LogP contribution in [0.25, 0.3) is 5.65 Å². The number of anilines is 2. The molecule has 1 aliphatic heterocycles. The molecule has 0 bridgehead atoms. The molecule has 1 aromatic carbocycles. The average Bonchev–Trinajstić information content (AvgIpc) is 3.25. The average molecular weight is 400 g/mol. The highest BCUT2D eigenvalue weighted by atomic mass is 32.2. The van der Waals surface area contributed by atoms with Crippen LogP contribution in [0, 0.1) is 6.92 Å². The predicted octanol–water partition coefficient (Wildman–Crippen LogP) is 2.58.